The Morgan fingerprint density at radius 3 is 1.82 bits per heavy atom. The summed E-state index contributed by atoms with van der Waals surface area (Å²) in [6.07, 6.45) is 2.88. The van der Waals surface area contributed by atoms with Crippen molar-refractivity contribution in [3.8, 4) is 17.2 Å². The number of esters is 3. The fourth-order valence-electron chi connectivity index (χ4n) is 2.25. The predicted octanol–water partition coefficient (Wildman–Crippen LogP) is 3.36. The van der Waals surface area contributed by atoms with E-state index in [1.54, 1.807) is 30.3 Å². The van der Waals surface area contributed by atoms with E-state index in [-0.39, 0.29) is 17.1 Å². The van der Waals surface area contributed by atoms with Gasteiger partial charge >= 0.3 is 17.9 Å². The first-order chi connectivity index (χ1) is 13.2. The Balaban J connectivity index is 2.22. The highest BCUT2D eigenvalue weighted by Crippen LogP contribution is 2.26. The number of carbonyl (C=O) groups is 4. The molecule has 144 valence electrons. The second-order valence-corrected chi connectivity index (χ2v) is 5.71. The number of hydrogen-bond donors (Lipinski definition) is 0. The summed E-state index contributed by atoms with van der Waals surface area (Å²) in [6, 6.07) is 10.7. The van der Waals surface area contributed by atoms with Crippen molar-refractivity contribution in [3.05, 3.63) is 59.7 Å². The zero-order chi connectivity index (χ0) is 20.7. The summed E-state index contributed by atoms with van der Waals surface area (Å²) in [4.78, 5) is 45.8. The molecule has 2 aromatic rings. The van der Waals surface area contributed by atoms with Crippen LogP contribution in [-0.2, 0) is 14.4 Å². The van der Waals surface area contributed by atoms with Crippen LogP contribution in [0.1, 0.15) is 36.7 Å². The van der Waals surface area contributed by atoms with Gasteiger partial charge in [-0.1, -0.05) is 18.2 Å². The third-order valence-corrected chi connectivity index (χ3v) is 3.30. The highest BCUT2D eigenvalue weighted by Gasteiger charge is 2.14. The van der Waals surface area contributed by atoms with Gasteiger partial charge in [0, 0.05) is 26.8 Å². The lowest BCUT2D eigenvalue weighted by Gasteiger charge is -2.09. The summed E-state index contributed by atoms with van der Waals surface area (Å²) in [7, 11) is 0. The highest BCUT2D eigenvalue weighted by atomic mass is 16.5. The van der Waals surface area contributed by atoms with Gasteiger partial charge in [-0.05, 0) is 35.9 Å². The second-order valence-electron chi connectivity index (χ2n) is 5.71. The van der Waals surface area contributed by atoms with Crippen LogP contribution in [0.3, 0.4) is 0 Å². The van der Waals surface area contributed by atoms with Gasteiger partial charge in [-0.2, -0.15) is 0 Å². The SMILES string of the molecule is CC(=O)Oc1ccc(/C=C/C(=O)c2ccc(OC(C)=O)cc2OC(C)=O)cc1. The lowest BCUT2D eigenvalue weighted by atomic mass is 10.1. The number of allylic oxidation sites excluding steroid dienone is 1. The van der Waals surface area contributed by atoms with Gasteiger partial charge in [0.2, 0.25) is 0 Å². The van der Waals surface area contributed by atoms with Gasteiger partial charge in [0.05, 0.1) is 5.56 Å². The van der Waals surface area contributed by atoms with Gasteiger partial charge in [0.25, 0.3) is 0 Å². The van der Waals surface area contributed by atoms with Crippen molar-refractivity contribution in [1.82, 2.24) is 0 Å². The molecule has 0 aliphatic carbocycles. The molecule has 0 aliphatic rings. The molecular weight excluding hydrogens is 364 g/mol. The molecule has 2 rings (SSSR count). The molecule has 0 atom stereocenters. The summed E-state index contributed by atoms with van der Waals surface area (Å²) in [6.45, 7) is 3.74. The quantitative estimate of drug-likeness (QED) is 0.327. The van der Waals surface area contributed by atoms with Crippen LogP contribution in [0.25, 0.3) is 6.08 Å². The smallest absolute Gasteiger partial charge is 0.308 e. The molecule has 0 aromatic heterocycles. The molecule has 0 saturated carbocycles. The van der Waals surface area contributed by atoms with Gasteiger partial charge in [0.15, 0.2) is 5.78 Å². The minimum atomic E-state index is -0.612. The molecule has 0 unspecified atom stereocenters. The second kappa shape index (κ2) is 9.27. The standard InChI is InChI=1S/C21H18O7/c1-13(22)26-17-7-4-16(5-8-17)6-11-20(25)19-10-9-18(27-14(2)23)12-21(19)28-15(3)24/h4-12H,1-3H3/b11-6+. The van der Waals surface area contributed by atoms with Crippen molar-refractivity contribution < 1.29 is 33.4 Å². The van der Waals surface area contributed by atoms with E-state index in [1.807, 2.05) is 0 Å². The number of ketones is 1. The van der Waals surface area contributed by atoms with Crippen molar-refractivity contribution >= 4 is 29.8 Å². The van der Waals surface area contributed by atoms with Crippen molar-refractivity contribution in [2.75, 3.05) is 0 Å². The Morgan fingerprint density at radius 2 is 1.25 bits per heavy atom. The van der Waals surface area contributed by atoms with Gasteiger partial charge in [-0.3, -0.25) is 19.2 Å². The van der Waals surface area contributed by atoms with Crippen LogP contribution >= 0.6 is 0 Å². The Labute approximate surface area is 161 Å². The summed E-state index contributed by atoms with van der Waals surface area (Å²) < 4.78 is 14.9. The fraction of sp³-hybridized carbons (Fsp3) is 0.143. The monoisotopic (exact) mass is 382 g/mol. The van der Waals surface area contributed by atoms with E-state index < -0.39 is 23.7 Å². The van der Waals surface area contributed by atoms with Crippen molar-refractivity contribution in [2.45, 2.75) is 20.8 Å². The maximum atomic E-state index is 12.5. The van der Waals surface area contributed by atoms with Gasteiger partial charge in [0.1, 0.15) is 17.2 Å². The first kappa shape index (κ1) is 20.6. The largest absolute Gasteiger partial charge is 0.427 e. The van der Waals surface area contributed by atoms with Crippen LogP contribution in [0.4, 0.5) is 0 Å². The number of ether oxygens (including phenoxy) is 3. The third kappa shape index (κ3) is 6.21. The van der Waals surface area contributed by atoms with Crippen LogP contribution in [-0.4, -0.2) is 23.7 Å². The van der Waals surface area contributed by atoms with Crippen LogP contribution in [0, 0.1) is 0 Å². The molecule has 0 radical (unpaired) electrons. The van der Waals surface area contributed by atoms with Crippen LogP contribution in [0.5, 0.6) is 17.2 Å². The molecular formula is C21H18O7. The minimum Gasteiger partial charge on any atom is -0.427 e. The lowest BCUT2D eigenvalue weighted by molar-refractivity contribution is -0.133. The van der Waals surface area contributed by atoms with E-state index in [1.165, 1.54) is 45.0 Å². The Morgan fingerprint density at radius 1 is 0.714 bits per heavy atom. The van der Waals surface area contributed by atoms with Gasteiger partial charge in [-0.25, -0.2) is 0 Å². The Kier molecular flexibility index (Phi) is 6.81. The van der Waals surface area contributed by atoms with Crippen molar-refractivity contribution in [1.29, 1.82) is 0 Å². The first-order valence-electron chi connectivity index (χ1n) is 8.26. The Bertz CT molecular complexity index is 940. The molecule has 0 aliphatic heterocycles. The van der Waals surface area contributed by atoms with E-state index in [4.69, 9.17) is 14.2 Å². The zero-order valence-corrected chi connectivity index (χ0v) is 15.6. The number of carbonyl (C=O) groups excluding carboxylic acids is 4. The molecule has 2 aromatic carbocycles. The summed E-state index contributed by atoms with van der Waals surface area (Å²) in [5.41, 5.74) is 0.841. The van der Waals surface area contributed by atoms with E-state index in [0.29, 0.717) is 11.3 Å². The summed E-state index contributed by atoms with van der Waals surface area (Å²) in [5.74, 6) is -1.43. The third-order valence-electron chi connectivity index (χ3n) is 3.30. The summed E-state index contributed by atoms with van der Waals surface area (Å²) in [5, 5.41) is 0. The highest BCUT2D eigenvalue weighted by molar-refractivity contribution is 6.09. The van der Waals surface area contributed by atoms with Gasteiger partial charge < -0.3 is 14.2 Å². The molecule has 0 saturated heterocycles. The van der Waals surface area contributed by atoms with Crippen LogP contribution in [0.15, 0.2) is 48.5 Å². The molecule has 0 N–H and O–H groups in total. The molecule has 28 heavy (non-hydrogen) atoms. The normalized spacial score (nSPS) is 10.4. The van der Waals surface area contributed by atoms with E-state index in [9.17, 15) is 19.2 Å². The van der Waals surface area contributed by atoms with E-state index >= 15 is 0 Å². The maximum absolute atomic E-state index is 12.5. The molecule has 7 heteroatoms. The van der Waals surface area contributed by atoms with Gasteiger partial charge in [-0.15, -0.1) is 0 Å². The van der Waals surface area contributed by atoms with Crippen molar-refractivity contribution in [2.24, 2.45) is 0 Å². The Hall–Kier alpha value is -3.74. The average molecular weight is 382 g/mol. The molecule has 7 nitrogen and oxygen atoms in total. The fourth-order valence-corrected chi connectivity index (χ4v) is 2.25. The number of hydrogen-bond acceptors (Lipinski definition) is 7. The topological polar surface area (TPSA) is 96.0 Å². The molecule has 0 fully saturated rings. The zero-order valence-electron chi connectivity index (χ0n) is 15.6. The molecule has 0 bridgehead atoms. The van der Waals surface area contributed by atoms with E-state index in [0.717, 1.165) is 0 Å². The molecule has 0 amide bonds. The molecule has 0 heterocycles. The summed E-state index contributed by atoms with van der Waals surface area (Å²) >= 11 is 0. The minimum absolute atomic E-state index is 0.00824. The predicted molar refractivity (Wildman–Crippen MR) is 100 cm³/mol. The first-order valence-corrected chi connectivity index (χ1v) is 8.26. The van der Waals surface area contributed by atoms with Crippen molar-refractivity contribution in [3.63, 3.8) is 0 Å². The number of rotatable bonds is 6. The van der Waals surface area contributed by atoms with Crippen LogP contribution in [0.2, 0.25) is 0 Å². The number of benzene rings is 2. The van der Waals surface area contributed by atoms with E-state index in [2.05, 4.69) is 0 Å². The maximum Gasteiger partial charge on any atom is 0.308 e. The van der Waals surface area contributed by atoms with Crippen LogP contribution < -0.4 is 14.2 Å². The molecule has 0 spiro atoms. The lowest BCUT2D eigenvalue weighted by Crippen LogP contribution is -2.08. The average Bonchev–Trinajstić information content (AvgIpc) is 2.59.